The minimum absolute atomic E-state index is 0.149. The lowest BCUT2D eigenvalue weighted by molar-refractivity contribution is 0.556. The minimum atomic E-state index is 0.149. The molecule has 0 atom stereocenters. The van der Waals surface area contributed by atoms with Crippen LogP contribution in [0.3, 0.4) is 0 Å². The van der Waals surface area contributed by atoms with E-state index in [1.165, 1.54) is 12.8 Å². The van der Waals surface area contributed by atoms with Gasteiger partial charge in [0.05, 0.1) is 11.5 Å². The fourth-order valence-corrected chi connectivity index (χ4v) is 1.08. The van der Waals surface area contributed by atoms with Crippen molar-refractivity contribution in [3.8, 4) is 6.07 Å². The zero-order chi connectivity index (χ0) is 6.74. The Morgan fingerprint density at radius 2 is 2.22 bits per heavy atom. The van der Waals surface area contributed by atoms with Crippen LogP contribution in [-0.4, -0.2) is 0 Å². The molecule has 0 N–H and O–H groups in total. The van der Waals surface area contributed by atoms with Gasteiger partial charge in [0.15, 0.2) is 0 Å². The van der Waals surface area contributed by atoms with Gasteiger partial charge >= 0.3 is 0 Å². The zero-order valence-corrected chi connectivity index (χ0v) is 5.98. The number of nitrogens with zero attached hydrogens (tertiary/aromatic N) is 1. The molecule has 0 aromatic rings. The molecule has 0 saturated heterocycles. The van der Waals surface area contributed by atoms with Crippen molar-refractivity contribution in [2.75, 3.05) is 0 Å². The van der Waals surface area contributed by atoms with Gasteiger partial charge in [-0.05, 0) is 19.3 Å². The summed E-state index contributed by atoms with van der Waals surface area (Å²) < 4.78 is 0. The number of unbranched alkanes of at least 4 members (excludes halogenated alkanes) is 1. The third kappa shape index (κ3) is 1.45. The maximum atomic E-state index is 8.63. The summed E-state index contributed by atoms with van der Waals surface area (Å²) in [6.07, 6.45) is 5.91. The summed E-state index contributed by atoms with van der Waals surface area (Å²) in [5, 5.41) is 8.63. The predicted molar refractivity (Wildman–Crippen MR) is 36.8 cm³/mol. The smallest absolute Gasteiger partial charge is 0.0689 e. The van der Waals surface area contributed by atoms with Gasteiger partial charge in [-0.1, -0.05) is 19.8 Å². The van der Waals surface area contributed by atoms with Gasteiger partial charge in [0.25, 0.3) is 0 Å². The molecule has 0 heterocycles. The molecule has 0 aromatic heterocycles. The average molecular weight is 123 g/mol. The Balaban J connectivity index is 2.20. The SMILES string of the molecule is CCCCC1(C#N)CC1. The van der Waals surface area contributed by atoms with Gasteiger partial charge in [0.2, 0.25) is 0 Å². The fraction of sp³-hybridized carbons (Fsp3) is 0.875. The summed E-state index contributed by atoms with van der Waals surface area (Å²) >= 11 is 0. The second-order valence-electron chi connectivity index (χ2n) is 3.00. The van der Waals surface area contributed by atoms with Crippen molar-refractivity contribution in [1.29, 1.82) is 5.26 Å². The highest BCUT2D eigenvalue weighted by Crippen LogP contribution is 2.48. The summed E-state index contributed by atoms with van der Waals surface area (Å²) in [7, 11) is 0. The first-order valence-corrected chi connectivity index (χ1v) is 3.74. The van der Waals surface area contributed by atoms with Crippen LogP contribution >= 0.6 is 0 Å². The van der Waals surface area contributed by atoms with E-state index in [4.69, 9.17) is 5.26 Å². The van der Waals surface area contributed by atoms with Crippen LogP contribution in [0.15, 0.2) is 0 Å². The molecule has 1 saturated carbocycles. The molecule has 1 heteroatoms. The Bertz CT molecular complexity index is 128. The van der Waals surface area contributed by atoms with Crippen LogP contribution in [-0.2, 0) is 0 Å². The van der Waals surface area contributed by atoms with Crippen molar-refractivity contribution in [3.63, 3.8) is 0 Å². The molecular weight excluding hydrogens is 110 g/mol. The molecule has 0 aromatic carbocycles. The van der Waals surface area contributed by atoms with Gasteiger partial charge < -0.3 is 0 Å². The Morgan fingerprint density at radius 1 is 1.56 bits per heavy atom. The quantitative estimate of drug-likeness (QED) is 0.565. The average Bonchev–Trinajstić information content (AvgIpc) is 2.65. The molecule has 50 valence electrons. The molecule has 1 aliphatic carbocycles. The molecule has 1 fully saturated rings. The first-order chi connectivity index (χ1) is 4.33. The van der Waals surface area contributed by atoms with Crippen molar-refractivity contribution in [2.45, 2.75) is 39.0 Å². The van der Waals surface area contributed by atoms with E-state index in [2.05, 4.69) is 13.0 Å². The first-order valence-electron chi connectivity index (χ1n) is 3.74. The Morgan fingerprint density at radius 3 is 2.56 bits per heavy atom. The summed E-state index contributed by atoms with van der Waals surface area (Å²) in [6, 6.07) is 2.39. The van der Waals surface area contributed by atoms with Crippen LogP contribution < -0.4 is 0 Å². The summed E-state index contributed by atoms with van der Waals surface area (Å²) in [5.74, 6) is 0. The lowest BCUT2D eigenvalue weighted by atomic mass is 10.0. The van der Waals surface area contributed by atoms with Crippen molar-refractivity contribution in [2.24, 2.45) is 5.41 Å². The zero-order valence-electron chi connectivity index (χ0n) is 5.98. The Hall–Kier alpha value is -0.510. The van der Waals surface area contributed by atoms with Gasteiger partial charge in [-0.2, -0.15) is 5.26 Å². The van der Waals surface area contributed by atoms with E-state index in [-0.39, 0.29) is 5.41 Å². The van der Waals surface area contributed by atoms with Crippen molar-refractivity contribution in [1.82, 2.24) is 0 Å². The van der Waals surface area contributed by atoms with Gasteiger partial charge in [0, 0.05) is 0 Å². The molecule has 9 heavy (non-hydrogen) atoms. The number of rotatable bonds is 3. The lowest BCUT2D eigenvalue weighted by Gasteiger charge is -2.00. The Kier molecular flexibility index (Phi) is 1.75. The van der Waals surface area contributed by atoms with Crippen molar-refractivity contribution >= 4 is 0 Å². The normalized spacial score (nSPS) is 20.9. The topological polar surface area (TPSA) is 23.8 Å². The number of nitriles is 1. The van der Waals surface area contributed by atoms with E-state index in [1.807, 2.05) is 0 Å². The standard InChI is InChI=1S/C8H13N/c1-2-3-4-8(7-9)5-6-8/h2-6H2,1H3. The molecular formula is C8H13N. The van der Waals surface area contributed by atoms with E-state index in [0.29, 0.717) is 0 Å². The second kappa shape index (κ2) is 2.39. The van der Waals surface area contributed by atoms with E-state index >= 15 is 0 Å². The molecule has 0 spiro atoms. The van der Waals surface area contributed by atoms with E-state index in [9.17, 15) is 0 Å². The molecule has 1 nitrogen and oxygen atoms in total. The maximum Gasteiger partial charge on any atom is 0.0689 e. The lowest BCUT2D eigenvalue weighted by Crippen LogP contribution is -1.93. The molecule has 0 radical (unpaired) electrons. The van der Waals surface area contributed by atoms with Crippen LogP contribution in [0.25, 0.3) is 0 Å². The van der Waals surface area contributed by atoms with Crippen molar-refractivity contribution in [3.05, 3.63) is 0 Å². The van der Waals surface area contributed by atoms with Crippen LogP contribution in [0.4, 0.5) is 0 Å². The van der Waals surface area contributed by atoms with E-state index in [1.54, 1.807) is 0 Å². The third-order valence-corrected chi connectivity index (χ3v) is 2.10. The second-order valence-corrected chi connectivity index (χ2v) is 3.00. The maximum absolute atomic E-state index is 8.63. The van der Waals surface area contributed by atoms with Gasteiger partial charge in [0.1, 0.15) is 0 Å². The van der Waals surface area contributed by atoms with Crippen LogP contribution in [0, 0.1) is 16.7 Å². The van der Waals surface area contributed by atoms with Crippen LogP contribution in [0.2, 0.25) is 0 Å². The predicted octanol–water partition coefficient (Wildman–Crippen LogP) is 2.48. The third-order valence-electron chi connectivity index (χ3n) is 2.10. The largest absolute Gasteiger partial charge is 0.198 e. The molecule has 1 aliphatic rings. The van der Waals surface area contributed by atoms with Gasteiger partial charge in [-0.3, -0.25) is 0 Å². The molecule has 0 bridgehead atoms. The highest BCUT2D eigenvalue weighted by molar-refractivity contribution is 5.09. The van der Waals surface area contributed by atoms with Crippen molar-refractivity contribution < 1.29 is 0 Å². The first kappa shape index (κ1) is 6.61. The molecule has 1 rings (SSSR count). The Labute approximate surface area is 56.7 Å². The van der Waals surface area contributed by atoms with Gasteiger partial charge in [-0.15, -0.1) is 0 Å². The highest BCUT2D eigenvalue weighted by atomic mass is 14.5. The summed E-state index contributed by atoms with van der Waals surface area (Å²) in [5.41, 5.74) is 0.149. The number of hydrogen-bond donors (Lipinski definition) is 0. The summed E-state index contributed by atoms with van der Waals surface area (Å²) in [4.78, 5) is 0. The summed E-state index contributed by atoms with van der Waals surface area (Å²) in [6.45, 7) is 2.17. The fourth-order valence-electron chi connectivity index (χ4n) is 1.08. The van der Waals surface area contributed by atoms with E-state index < -0.39 is 0 Å². The van der Waals surface area contributed by atoms with Crippen LogP contribution in [0.1, 0.15) is 39.0 Å². The minimum Gasteiger partial charge on any atom is -0.198 e. The molecule has 0 aliphatic heterocycles. The van der Waals surface area contributed by atoms with E-state index in [0.717, 1.165) is 19.3 Å². The highest BCUT2D eigenvalue weighted by Gasteiger charge is 2.41. The number of hydrogen-bond acceptors (Lipinski definition) is 1. The monoisotopic (exact) mass is 123 g/mol. The van der Waals surface area contributed by atoms with Crippen LogP contribution in [0.5, 0.6) is 0 Å². The van der Waals surface area contributed by atoms with Gasteiger partial charge in [-0.25, -0.2) is 0 Å². The molecule has 0 amide bonds. The molecule has 0 unspecified atom stereocenters.